The van der Waals surface area contributed by atoms with Crippen molar-refractivity contribution >= 4 is 40.9 Å². The molecule has 0 unspecified atom stereocenters. The van der Waals surface area contributed by atoms with Crippen LogP contribution in [0.2, 0.25) is 0 Å². The Bertz CT molecular complexity index is 1240. The summed E-state index contributed by atoms with van der Waals surface area (Å²) in [5.41, 5.74) is 5.95. The molecule has 0 spiro atoms. The van der Waals surface area contributed by atoms with Crippen molar-refractivity contribution in [3.63, 3.8) is 0 Å². The van der Waals surface area contributed by atoms with Gasteiger partial charge >= 0.3 is 12.2 Å². The normalized spacial score (nSPS) is 10.9. The summed E-state index contributed by atoms with van der Waals surface area (Å²) in [7, 11) is 0. The van der Waals surface area contributed by atoms with Crippen LogP contribution in [0.25, 0.3) is 5.70 Å². The van der Waals surface area contributed by atoms with Gasteiger partial charge in [0.15, 0.2) is 0 Å². The van der Waals surface area contributed by atoms with Gasteiger partial charge in [0.05, 0.1) is 11.3 Å². The van der Waals surface area contributed by atoms with Gasteiger partial charge in [0, 0.05) is 36.3 Å². The number of hydrogen-bond donors (Lipinski definition) is 4. The molecule has 8 nitrogen and oxygen atoms in total. The van der Waals surface area contributed by atoms with Crippen LogP contribution in [-0.4, -0.2) is 21.9 Å². The summed E-state index contributed by atoms with van der Waals surface area (Å²) in [4.78, 5) is 31.8. The lowest BCUT2D eigenvalue weighted by atomic mass is 10.2. The largest absolute Gasteiger partial charge is 0.416 e. The van der Waals surface area contributed by atoms with Gasteiger partial charge in [-0.05, 0) is 48.0 Å². The van der Waals surface area contributed by atoms with Gasteiger partial charge < -0.3 is 10.6 Å². The maximum Gasteiger partial charge on any atom is 0.416 e. The van der Waals surface area contributed by atoms with Crippen molar-refractivity contribution in [2.75, 3.05) is 10.6 Å². The maximum atomic E-state index is 12.8. The van der Waals surface area contributed by atoms with Crippen LogP contribution in [0.5, 0.6) is 0 Å². The molecule has 0 saturated carbocycles. The van der Waals surface area contributed by atoms with Crippen LogP contribution in [0.3, 0.4) is 0 Å². The lowest BCUT2D eigenvalue weighted by molar-refractivity contribution is -0.137. The Labute approximate surface area is 203 Å². The van der Waals surface area contributed by atoms with Gasteiger partial charge in [0.1, 0.15) is 10.8 Å². The molecule has 0 atom stereocenters. The first-order valence-corrected chi connectivity index (χ1v) is 11.1. The summed E-state index contributed by atoms with van der Waals surface area (Å²) in [5.74, 6) is 0.746. The molecular formula is C23H21F3N6O2S. The molecule has 0 fully saturated rings. The predicted octanol–water partition coefficient (Wildman–Crippen LogP) is 5.04. The predicted molar refractivity (Wildman–Crippen MR) is 128 cm³/mol. The third kappa shape index (κ3) is 7.74. The van der Waals surface area contributed by atoms with E-state index in [0.717, 1.165) is 17.7 Å². The summed E-state index contributed by atoms with van der Waals surface area (Å²) in [6, 6.07) is 10.5. The lowest BCUT2D eigenvalue weighted by Gasteiger charge is -2.15. The molecule has 35 heavy (non-hydrogen) atoms. The van der Waals surface area contributed by atoms with Crippen LogP contribution < -0.4 is 21.5 Å². The molecule has 3 aromatic rings. The maximum absolute atomic E-state index is 12.8. The van der Waals surface area contributed by atoms with E-state index in [9.17, 15) is 22.8 Å². The molecule has 0 bridgehead atoms. The third-order valence-electron chi connectivity index (χ3n) is 4.37. The number of rotatable bonds is 8. The van der Waals surface area contributed by atoms with Crippen LogP contribution >= 0.6 is 11.8 Å². The summed E-state index contributed by atoms with van der Waals surface area (Å²) in [6.45, 7) is 5.30. The zero-order valence-corrected chi connectivity index (χ0v) is 19.3. The van der Waals surface area contributed by atoms with Crippen molar-refractivity contribution in [2.24, 2.45) is 0 Å². The highest BCUT2D eigenvalue weighted by molar-refractivity contribution is 7.98. The average molecular weight is 503 g/mol. The van der Waals surface area contributed by atoms with E-state index in [2.05, 4.69) is 38.0 Å². The number of anilines is 2. The highest BCUT2D eigenvalue weighted by Gasteiger charge is 2.30. The first kappa shape index (κ1) is 25.6. The van der Waals surface area contributed by atoms with Gasteiger partial charge in [-0.2, -0.15) is 13.2 Å². The summed E-state index contributed by atoms with van der Waals surface area (Å²) in [6.07, 6.45) is -1.31. The van der Waals surface area contributed by atoms with E-state index >= 15 is 0 Å². The molecule has 182 valence electrons. The fourth-order valence-corrected chi connectivity index (χ4v) is 3.80. The smallest absolute Gasteiger partial charge is 0.311 e. The standard InChI is InChI=1S/C23H21F3N6O2S/c1-14(31-32-22(34)30-18-6-3-5-17(12-18)23(24,25)26)19-7-4-9-28-21(19)35-13-16-8-10-27-20(11-16)29-15(2)33/h3-12,31H,1,13H2,2H3,(H,27,29,33)(H2,30,32,34). The number of thioether (sulfide) groups is 1. The van der Waals surface area contributed by atoms with Gasteiger partial charge in [0.2, 0.25) is 5.91 Å². The second kappa shape index (κ2) is 11.4. The summed E-state index contributed by atoms with van der Waals surface area (Å²) in [5, 5.41) is 5.59. The fourth-order valence-electron chi connectivity index (χ4n) is 2.84. The Balaban J connectivity index is 1.59. The van der Waals surface area contributed by atoms with Crippen molar-refractivity contribution in [3.8, 4) is 0 Å². The summed E-state index contributed by atoms with van der Waals surface area (Å²) < 4.78 is 38.5. The van der Waals surface area contributed by atoms with Crippen LogP contribution in [-0.2, 0) is 16.7 Å². The van der Waals surface area contributed by atoms with Crippen molar-refractivity contribution in [1.29, 1.82) is 0 Å². The van der Waals surface area contributed by atoms with E-state index in [1.54, 1.807) is 30.6 Å². The van der Waals surface area contributed by atoms with Gasteiger partial charge in [-0.1, -0.05) is 12.6 Å². The van der Waals surface area contributed by atoms with E-state index in [1.165, 1.54) is 30.8 Å². The second-order valence-corrected chi connectivity index (χ2v) is 8.10. The number of nitrogens with one attached hydrogen (secondary N) is 4. The van der Waals surface area contributed by atoms with Crippen molar-refractivity contribution < 1.29 is 22.8 Å². The number of amides is 3. The van der Waals surface area contributed by atoms with Crippen molar-refractivity contribution in [2.45, 2.75) is 23.9 Å². The third-order valence-corrected chi connectivity index (χ3v) is 5.45. The first-order valence-electron chi connectivity index (χ1n) is 10.1. The number of nitrogens with zero attached hydrogens (tertiary/aromatic N) is 2. The van der Waals surface area contributed by atoms with E-state index in [4.69, 9.17) is 0 Å². The molecule has 3 rings (SSSR count). The molecule has 0 aliphatic heterocycles. The molecule has 0 aliphatic rings. The molecule has 12 heteroatoms. The van der Waals surface area contributed by atoms with Crippen molar-refractivity contribution in [1.82, 2.24) is 20.8 Å². The Morgan fingerprint density at radius 3 is 2.54 bits per heavy atom. The number of alkyl halides is 3. The minimum absolute atomic E-state index is 0.0154. The molecule has 2 aromatic heterocycles. The van der Waals surface area contributed by atoms with Crippen molar-refractivity contribution in [3.05, 3.63) is 84.2 Å². The van der Waals surface area contributed by atoms with Gasteiger partial charge in [-0.25, -0.2) is 14.8 Å². The van der Waals surface area contributed by atoms with E-state index in [-0.39, 0.29) is 11.6 Å². The minimum Gasteiger partial charge on any atom is -0.311 e. The number of carbonyl (C=O) groups is 2. The Morgan fingerprint density at radius 1 is 1.00 bits per heavy atom. The number of carbonyl (C=O) groups excluding carboxylic acids is 2. The monoisotopic (exact) mass is 502 g/mol. The van der Waals surface area contributed by atoms with Crippen LogP contribution in [0, 0.1) is 0 Å². The van der Waals surface area contributed by atoms with Gasteiger partial charge in [-0.3, -0.25) is 15.6 Å². The number of benzene rings is 1. The van der Waals surface area contributed by atoms with E-state index in [1.807, 2.05) is 6.07 Å². The molecule has 3 amide bonds. The molecule has 2 heterocycles. The Hall–Kier alpha value is -4.06. The molecule has 4 N–H and O–H groups in total. The summed E-state index contributed by atoms with van der Waals surface area (Å²) >= 11 is 1.41. The van der Waals surface area contributed by atoms with Crippen LogP contribution in [0.1, 0.15) is 23.6 Å². The van der Waals surface area contributed by atoms with Gasteiger partial charge in [0.25, 0.3) is 0 Å². The number of halogens is 3. The average Bonchev–Trinajstić information content (AvgIpc) is 2.81. The first-order chi connectivity index (χ1) is 16.6. The highest BCUT2D eigenvalue weighted by Crippen LogP contribution is 2.31. The zero-order chi connectivity index (χ0) is 25.4. The fraction of sp³-hybridized carbons (Fsp3) is 0.130. The quantitative estimate of drug-likeness (QED) is 0.254. The van der Waals surface area contributed by atoms with E-state index in [0.29, 0.717) is 27.9 Å². The number of pyridine rings is 2. The van der Waals surface area contributed by atoms with Crippen LogP contribution in [0.4, 0.5) is 29.5 Å². The van der Waals surface area contributed by atoms with E-state index < -0.39 is 17.8 Å². The zero-order valence-electron chi connectivity index (χ0n) is 18.4. The highest BCUT2D eigenvalue weighted by atomic mass is 32.2. The molecule has 0 aliphatic carbocycles. The molecule has 0 radical (unpaired) electrons. The van der Waals surface area contributed by atoms with Gasteiger partial charge in [-0.15, -0.1) is 11.8 Å². The number of hydrogen-bond acceptors (Lipinski definition) is 6. The molecule has 0 saturated heterocycles. The number of hydrazine groups is 1. The Kier molecular flexibility index (Phi) is 8.31. The lowest BCUT2D eigenvalue weighted by Crippen LogP contribution is -2.39. The number of aromatic nitrogens is 2. The topological polar surface area (TPSA) is 108 Å². The number of urea groups is 1. The second-order valence-electron chi connectivity index (χ2n) is 7.14. The SMILES string of the molecule is C=C(NNC(=O)Nc1cccc(C(F)(F)F)c1)c1cccnc1SCc1ccnc(NC(C)=O)c1. The minimum atomic E-state index is -4.52. The Morgan fingerprint density at radius 2 is 1.80 bits per heavy atom. The van der Waals surface area contributed by atoms with Crippen LogP contribution in [0.15, 0.2) is 72.5 Å². The molecular weight excluding hydrogens is 481 g/mol. The molecule has 1 aromatic carbocycles.